The maximum atomic E-state index is 14.2. The van der Waals surface area contributed by atoms with Gasteiger partial charge in [0.05, 0.1) is 27.9 Å². The highest BCUT2D eigenvalue weighted by atomic mass is 19.2. The third-order valence-corrected chi connectivity index (χ3v) is 7.59. The Labute approximate surface area is 243 Å². The molecule has 0 aliphatic carbocycles. The van der Waals surface area contributed by atoms with E-state index >= 15 is 0 Å². The summed E-state index contributed by atoms with van der Waals surface area (Å²) in [6, 6.07) is 28.8. The fraction of sp³-hybridized carbons (Fsp3) is 0.206. The predicted octanol–water partition coefficient (Wildman–Crippen LogP) is 7.02. The molecule has 5 rings (SSSR count). The van der Waals surface area contributed by atoms with Crippen molar-refractivity contribution in [3.05, 3.63) is 132 Å². The van der Waals surface area contributed by atoms with Gasteiger partial charge in [-0.3, -0.25) is 9.68 Å². The highest BCUT2D eigenvalue weighted by Gasteiger charge is 2.43. The lowest BCUT2D eigenvalue weighted by atomic mass is 9.70. The van der Waals surface area contributed by atoms with Gasteiger partial charge in [-0.2, -0.15) is 0 Å². The smallest absolute Gasteiger partial charge is 0.217 e. The van der Waals surface area contributed by atoms with Gasteiger partial charge in [0.25, 0.3) is 0 Å². The van der Waals surface area contributed by atoms with Crippen molar-refractivity contribution in [2.45, 2.75) is 17.9 Å². The van der Waals surface area contributed by atoms with Crippen LogP contribution in [0.25, 0.3) is 21.9 Å². The third kappa shape index (κ3) is 5.75. The Hall–Kier alpha value is -4.21. The highest BCUT2D eigenvalue weighted by molar-refractivity contribution is 5.86. The van der Waals surface area contributed by atoms with Crippen molar-refractivity contribution in [1.29, 1.82) is 0 Å². The molecular formula is C34H32F2N2O4. The van der Waals surface area contributed by atoms with E-state index in [9.17, 15) is 13.9 Å². The predicted molar refractivity (Wildman–Crippen MR) is 158 cm³/mol. The first-order chi connectivity index (χ1) is 20.4. The average molecular weight is 571 g/mol. The summed E-state index contributed by atoms with van der Waals surface area (Å²) < 4.78 is 33.8. The summed E-state index contributed by atoms with van der Waals surface area (Å²) in [5.41, 5.74) is 1.50. The molecule has 8 heteroatoms. The van der Waals surface area contributed by atoms with Crippen LogP contribution in [0.4, 0.5) is 8.78 Å². The van der Waals surface area contributed by atoms with E-state index in [1.807, 2.05) is 78.9 Å². The first-order valence-electron chi connectivity index (χ1n) is 13.5. The standard InChI is InChI=1S/C34H32F2N2O4/c1-40-33-28(20-26(22-37-33)25-16-17-30(35)31(36)21-25)32(24-11-5-4-6-12-24)34(39,18-19-38(41-2)42-3)29-15-9-13-23-10-7-8-14-27(23)29/h4-17,20-22,32,39H,18-19H2,1-3H3. The second-order valence-corrected chi connectivity index (χ2v) is 9.92. The molecule has 0 spiro atoms. The molecule has 0 radical (unpaired) electrons. The van der Waals surface area contributed by atoms with Crippen molar-refractivity contribution in [3.8, 4) is 17.0 Å². The highest BCUT2D eigenvalue weighted by Crippen LogP contribution is 2.49. The Bertz CT molecular complexity index is 1660. The summed E-state index contributed by atoms with van der Waals surface area (Å²) in [4.78, 5) is 15.3. The van der Waals surface area contributed by atoms with Crippen LogP contribution in [0.1, 0.15) is 29.0 Å². The molecule has 216 valence electrons. The van der Waals surface area contributed by atoms with E-state index in [1.165, 1.54) is 32.6 Å². The van der Waals surface area contributed by atoms with Crippen LogP contribution in [-0.2, 0) is 15.3 Å². The Morgan fingerprint density at radius 1 is 0.810 bits per heavy atom. The Morgan fingerprint density at radius 2 is 1.52 bits per heavy atom. The average Bonchev–Trinajstić information content (AvgIpc) is 3.03. The molecule has 0 bridgehead atoms. The molecule has 0 aliphatic heterocycles. The van der Waals surface area contributed by atoms with Gasteiger partial charge in [-0.1, -0.05) is 84.1 Å². The van der Waals surface area contributed by atoms with E-state index in [1.54, 1.807) is 6.20 Å². The van der Waals surface area contributed by atoms with Crippen LogP contribution < -0.4 is 4.74 Å². The number of methoxy groups -OCH3 is 1. The third-order valence-electron chi connectivity index (χ3n) is 7.59. The maximum absolute atomic E-state index is 14.2. The lowest BCUT2D eigenvalue weighted by Crippen LogP contribution is -2.39. The second-order valence-electron chi connectivity index (χ2n) is 9.92. The molecule has 5 aromatic rings. The first kappa shape index (κ1) is 29.3. The van der Waals surface area contributed by atoms with Gasteiger partial charge in [0.15, 0.2) is 11.6 Å². The van der Waals surface area contributed by atoms with E-state index in [-0.39, 0.29) is 13.0 Å². The van der Waals surface area contributed by atoms with Crippen molar-refractivity contribution in [2.75, 3.05) is 27.9 Å². The van der Waals surface area contributed by atoms with Crippen molar-refractivity contribution in [3.63, 3.8) is 0 Å². The number of hydroxylamine groups is 2. The summed E-state index contributed by atoms with van der Waals surface area (Å²) in [7, 11) is 4.50. The summed E-state index contributed by atoms with van der Waals surface area (Å²) in [6.45, 7) is 0.217. The number of hydrogen-bond acceptors (Lipinski definition) is 6. The van der Waals surface area contributed by atoms with Gasteiger partial charge in [-0.05, 0) is 52.1 Å². The monoisotopic (exact) mass is 570 g/mol. The molecule has 4 aromatic carbocycles. The van der Waals surface area contributed by atoms with Crippen LogP contribution in [-0.4, -0.2) is 43.2 Å². The Morgan fingerprint density at radius 3 is 2.24 bits per heavy atom. The van der Waals surface area contributed by atoms with Crippen LogP contribution in [0.5, 0.6) is 5.88 Å². The number of aliphatic hydroxyl groups is 1. The number of nitrogens with zero attached hydrogens (tertiary/aromatic N) is 2. The Balaban J connectivity index is 1.79. The molecule has 42 heavy (non-hydrogen) atoms. The maximum Gasteiger partial charge on any atom is 0.217 e. The molecule has 0 saturated heterocycles. The summed E-state index contributed by atoms with van der Waals surface area (Å²) in [5.74, 6) is -2.32. The van der Waals surface area contributed by atoms with E-state index in [0.29, 0.717) is 28.1 Å². The molecule has 0 aliphatic rings. The number of benzene rings is 4. The topological polar surface area (TPSA) is 64.1 Å². The van der Waals surface area contributed by atoms with Gasteiger partial charge in [0.2, 0.25) is 5.88 Å². The van der Waals surface area contributed by atoms with Crippen molar-refractivity contribution < 1.29 is 28.3 Å². The van der Waals surface area contributed by atoms with Crippen LogP contribution >= 0.6 is 0 Å². The molecule has 1 aromatic heterocycles. The summed E-state index contributed by atoms with van der Waals surface area (Å²) in [6.07, 6.45) is 1.73. The number of aromatic nitrogens is 1. The number of rotatable bonds is 11. The van der Waals surface area contributed by atoms with Crippen LogP contribution in [0.15, 0.2) is 103 Å². The summed E-state index contributed by atoms with van der Waals surface area (Å²) in [5, 5.41) is 16.3. The van der Waals surface area contributed by atoms with E-state index in [0.717, 1.165) is 28.5 Å². The lowest BCUT2D eigenvalue weighted by molar-refractivity contribution is -0.345. The quantitative estimate of drug-likeness (QED) is 0.172. The second kappa shape index (κ2) is 12.8. The van der Waals surface area contributed by atoms with Crippen molar-refractivity contribution in [2.24, 2.45) is 0 Å². The fourth-order valence-corrected chi connectivity index (χ4v) is 5.59. The van der Waals surface area contributed by atoms with Gasteiger partial charge in [-0.15, -0.1) is 0 Å². The van der Waals surface area contributed by atoms with Crippen LogP contribution in [0, 0.1) is 11.6 Å². The molecule has 0 saturated carbocycles. The van der Waals surface area contributed by atoms with Crippen LogP contribution in [0.3, 0.4) is 0 Å². The van der Waals surface area contributed by atoms with Gasteiger partial charge < -0.3 is 9.84 Å². The fourth-order valence-electron chi connectivity index (χ4n) is 5.59. The molecule has 2 unspecified atom stereocenters. The normalized spacial score (nSPS) is 13.7. The Kier molecular flexibility index (Phi) is 8.89. The SMILES string of the molecule is COc1ncc(-c2ccc(F)c(F)c2)cc1C(c1ccccc1)C(O)(CCN(OC)OC)c1cccc2ccccc12. The zero-order chi connectivity index (χ0) is 29.7. The molecule has 6 nitrogen and oxygen atoms in total. The van der Waals surface area contributed by atoms with Crippen molar-refractivity contribution in [1.82, 2.24) is 10.2 Å². The molecule has 0 amide bonds. The van der Waals surface area contributed by atoms with Gasteiger partial charge in [0, 0.05) is 23.2 Å². The molecule has 1 heterocycles. The number of ether oxygens (including phenoxy) is 1. The largest absolute Gasteiger partial charge is 0.481 e. The van der Waals surface area contributed by atoms with Gasteiger partial charge in [-0.25, -0.2) is 13.8 Å². The van der Waals surface area contributed by atoms with Gasteiger partial charge in [0.1, 0.15) is 5.60 Å². The summed E-state index contributed by atoms with van der Waals surface area (Å²) >= 11 is 0. The van der Waals surface area contributed by atoms with Gasteiger partial charge >= 0.3 is 0 Å². The molecule has 2 atom stereocenters. The minimum Gasteiger partial charge on any atom is -0.481 e. The number of hydrogen-bond donors (Lipinski definition) is 1. The van der Waals surface area contributed by atoms with Crippen molar-refractivity contribution >= 4 is 10.8 Å². The van der Waals surface area contributed by atoms with E-state index in [2.05, 4.69) is 4.98 Å². The first-order valence-corrected chi connectivity index (χ1v) is 13.5. The van der Waals surface area contributed by atoms with Crippen LogP contribution in [0.2, 0.25) is 0 Å². The lowest BCUT2D eigenvalue weighted by Gasteiger charge is -2.39. The molecular weight excluding hydrogens is 538 g/mol. The zero-order valence-electron chi connectivity index (χ0n) is 23.6. The number of pyridine rings is 1. The zero-order valence-corrected chi connectivity index (χ0v) is 23.6. The van der Waals surface area contributed by atoms with E-state index in [4.69, 9.17) is 14.4 Å². The minimum atomic E-state index is -1.56. The van der Waals surface area contributed by atoms with E-state index < -0.39 is 23.2 Å². The minimum absolute atomic E-state index is 0.181. The number of halogens is 2. The molecule has 1 N–H and O–H groups in total. The number of fused-ring (bicyclic) bond motifs is 1. The molecule has 0 fully saturated rings.